The molecule has 0 unspecified atom stereocenters. The highest BCUT2D eigenvalue weighted by Gasteiger charge is 1.92. The van der Waals surface area contributed by atoms with Crippen molar-refractivity contribution in [3.8, 4) is 0 Å². The van der Waals surface area contributed by atoms with Crippen LogP contribution in [0.5, 0.6) is 0 Å². The Kier molecular flexibility index (Phi) is 77.1. The number of unbranched alkanes of at least 4 members (excludes halogenated alkanes) is 13. The van der Waals surface area contributed by atoms with Crippen LogP contribution in [-0.2, 0) is 0 Å². The van der Waals surface area contributed by atoms with Crippen LogP contribution in [0.1, 0.15) is 171 Å². The lowest BCUT2D eigenvalue weighted by atomic mass is 10.0. The van der Waals surface area contributed by atoms with Gasteiger partial charge in [-0.1, -0.05) is 171 Å². The molecule has 0 aliphatic rings. The molecule has 176 valence electrons. The second-order valence-electron chi connectivity index (χ2n) is 7.77. The highest BCUT2D eigenvalue weighted by atomic mass is 14.0. The van der Waals surface area contributed by atoms with Crippen LogP contribution >= 0.6 is 0 Å². The van der Waals surface area contributed by atoms with Gasteiger partial charge in [0.25, 0.3) is 0 Å². The lowest BCUT2D eigenvalue weighted by Gasteiger charge is -2.02. The smallest absolute Gasteiger partial charge is 0.0473 e. The first kappa shape index (κ1) is 38.4. The van der Waals surface area contributed by atoms with Crippen molar-refractivity contribution in [2.45, 2.75) is 171 Å². The average molecular weight is 401 g/mol. The van der Waals surface area contributed by atoms with Crippen LogP contribution in [0.4, 0.5) is 0 Å². The molecule has 0 rings (SSSR count). The van der Waals surface area contributed by atoms with E-state index in [-0.39, 0.29) is 0 Å². The molecular weight excluding hydrogens is 336 g/mol. The molecule has 0 saturated heterocycles. The van der Waals surface area contributed by atoms with Gasteiger partial charge in [-0.25, -0.2) is 0 Å². The molecule has 0 aromatic carbocycles. The molecule has 0 spiro atoms. The van der Waals surface area contributed by atoms with E-state index in [1.165, 1.54) is 109 Å². The highest BCUT2D eigenvalue weighted by molar-refractivity contribution is 4.51. The molecule has 0 heterocycles. The SMILES string of the molecule is C=CC.CCC.CCC.CCC.CCCCCCCCCCCCCCCC. The van der Waals surface area contributed by atoms with Crippen molar-refractivity contribution in [1.82, 2.24) is 0 Å². The van der Waals surface area contributed by atoms with Crippen LogP contribution < -0.4 is 0 Å². The summed E-state index contributed by atoms with van der Waals surface area (Å²) < 4.78 is 0. The van der Waals surface area contributed by atoms with E-state index in [0.717, 1.165) is 0 Å². The Bertz CT molecular complexity index is 152. The topological polar surface area (TPSA) is 0 Å². The summed E-state index contributed by atoms with van der Waals surface area (Å²) in [7, 11) is 0. The molecule has 0 amide bonds. The van der Waals surface area contributed by atoms with Crippen molar-refractivity contribution in [3.63, 3.8) is 0 Å². The molecular formula is C28H64. The van der Waals surface area contributed by atoms with Gasteiger partial charge in [-0.15, -0.1) is 6.58 Å². The maximum atomic E-state index is 3.36. The monoisotopic (exact) mass is 401 g/mol. The predicted octanol–water partition coefficient (Wildman–Crippen LogP) is 11.9. The summed E-state index contributed by atoms with van der Waals surface area (Å²) in [5.41, 5.74) is 0. The fourth-order valence-electron chi connectivity index (χ4n) is 2.27. The fraction of sp³-hybridized carbons (Fsp3) is 0.929. The third kappa shape index (κ3) is 97.1. The summed E-state index contributed by atoms with van der Waals surface area (Å²) >= 11 is 0. The number of hydrogen-bond acceptors (Lipinski definition) is 0. The first-order chi connectivity index (χ1) is 13.6. The molecule has 0 atom stereocenters. The highest BCUT2D eigenvalue weighted by Crippen LogP contribution is 2.12. The third-order valence-corrected chi connectivity index (χ3v) is 3.46. The van der Waals surface area contributed by atoms with Crippen molar-refractivity contribution in [2.75, 3.05) is 0 Å². The number of hydrogen-bond donors (Lipinski definition) is 0. The van der Waals surface area contributed by atoms with Gasteiger partial charge in [-0.05, 0) is 6.92 Å². The van der Waals surface area contributed by atoms with Crippen LogP contribution in [-0.4, -0.2) is 0 Å². The first-order valence-corrected chi connectivity index (χ1v) is 13.1. The minimum atomic E-state index is 1.25. The molecule has 0 bridgehead atoms. The molecule has 0 nitrogen and oxygen atoms in total. The lowest BCUT2D eigenvalue weighted by molar-refractivity contribution is 0.538. The standard InChI is InChI=1S/C16H34.3C3H8.C3H6/c1-3-5-7-9-11-13-15-16-14-12-10-8-6-4-2;4*1-3-2/h3-16H2,1-2H3;3*3H2,1-2H3;3H,1H2,2H3. The average Bonchev–Trinajstić information content (AvgIpc) is 2.65. The van der Waals surface area contributed by atoms with Crippen molar-refractivity contribution >= 4 is 0 Å². The molecule has 0 aliphatic heterocycles. The van der Waals surface area contributed by atoms with Crippen LogP contribution in [0, 0.1) is 0 Å². The molecule has 0 fully saturated rings. The second kappa shape index (κ2) is 56.3. The summed E-state index contributed by atoms with van der Waals surface area (Å²) in [5, 5.41) is 0. The fourth-order valence-corrected chi connectivity index (χ4v) is 2.27. The quantitative estimate of drug-likeness (QED) is 0.213. The zero-order valence-electron chi connectivity index (χ0n) is 22.3. The normalized spacial score (nSPS) is 8.61. The van der Waals surface area contributed by atoms with Crippen LogP contribution in [0.25, 0.3) is 0 Å². The Labute approximate surface area is 184 Å². The third-order valence-electron chi connectivity index (χ3n) is 3.46. The van der Waals surface area contributed by atoms with E-state index in [9.17, 15) is 0 Å². The predicted molar refractivity (Wildman–Crippen MR) is 140 cm³/mol. The molecule has 0 radical (unpaired) electrons. The van der Waals surface area contributed by atoms with Gasteiger partial charge in [0.2, 0.25) is 0 Å². The Hall–Kier alpha value is -0.260. The summed E-state index contributed by atoms with van der Waals surface area (Å²) in [5.74, 6) is 0. The van der Waals surface area contributed by atoms with Crippen molar-refractivity contribution in [2.24, 2.45) is 0 Å². The molecule has 28 heavy (non-hydrogen) atoms. The largest absolute Gasteiger partial charge is 0.103 e. The summed E-state index contributed by atoms with van der Waals surface area (Å²) in [4.78, 5) is 0. The molecule has 0 aliphatic carbocycles. The molecule has 0 aromatic heterocycles. The van der Waals surface area contributed by atoms with E-state index in [2.05, 4.69) is 62.0 Å². The van der Waals surface area contributed by atoms with Gasteiger partial charge in [0.05, 0.1) is 0 Å². The maximum absolute atomic E-state index is 3.36. The van der Waals surface area contributed by atoms with Gasteiger partial charge in [0.15, 0.2) is 0 Å². The van der Waals surface area contributed by atoms with E-state index in [4.69, 9.17) is 0 Å². The Morgan fingerprint density at radius 3 is 0.607 bits per heavy atom. The van der Waals surface area contributed by atoms with E-state index >= 15 is 0 Å². The Balaban J connectivity index is -0.000000120. The zero-order chi connectivity index (χ0) is 22.7. The Morgan fingerprint density at radius 1 is 0.393 bits per heavy atom. The molecule has 0 aromatic rings. The van der Waals surface area contributed by atoms with E-state index in [1.807, 2.05) is 6.92 Å². The Morgan fingerprint density at radius 2 is 0.500 bits per heavy atom. The molecule has 0 saturated carbocycles. The van der Waals surface area contributed by atoms with Gasteiger partial charge in [-0.3, -0.25) is 0 Å². The summed E-state index contributed by atoms with van der Waals surface area (Å²) in [6.45, 7) is 22.6. The summed E-state index contributed by atoms with van der Waals surface area (Å²) in [6.07, 6.45) is 25.9. The van der Waals surface area contributed by atoms with Gasteiger partial charge >= 0.3 is 0 Å². The van der Waals surface area contributed by atoms with Gasteiger partial charge < -0.3 is 0 Å². The molecule has 0 heteroatoms. The van der Waals surface area contributed by atoms with Crippen LogP contribution in [0.3, 0.4) is 0 Å². The second-order valence-corrected chi connectivity index (χ2v) is 7.77. The zero-order valence-corrected chi connectivity index (χ0v) is 22.3. The van der Waals surface area contributed by atoms with Crippen molar-refractivity contribution in [3.05, 3.63) is 12.7 Å². The number of rotatable bonds is 13. The first-order valence-electron chi connectivity index (χ1n) is 13.1. The summed E-state index contributed by atoms with van der Waals surface area (Å²) in [6, 6.07) is 0. The van der Waals surface area contributed by atoms with Gasteiger partial charge in [0.1, 0.15) is 0 Å². The lowest BCUT2D eigenvalue weighted by Crippen LogP contribution is -1.82. The molecule has 0 N–H and O–H groups in total. The van der Waals surface area contributed by atoms with Gasteiger partial charge in [0, 0.05) is 0 Å². The minimum Gasteiger partial charge on any atom is -0.103 e. The van der Waals surface area contributed by atoms with E-state index < -0.39 is 0 Å². The minimum absolute atomic E-state index is 1.25. The van der Waals surface area contributed by atoms with E-state index in [0.29, 0.717) is 0 Å². The van der Waals surface area contributed by atoms with Crippen LogP contribution in [0.15, 0.2) is 12.7 Å². The maximum Gasteiger partial charge on any atom is -0.0473 e. The van der Waals surface area contributed by atoms with Gasteiger partial charge in [-0.2, -0.15) is 0 Å². The van der Waals surface area contributed by atoms with Crippen molar-refractivity contribution < 1.29 is 0 Å². The van der Waals surface area contributed by atoms with Crippen molar-refractivity contribution in [1.29, 1.82) is 0 Å². The van der Waals surface area contributed by atoms with Crippen LogP contribution in [0.2, 0.25) is 0 Å². The number of allylic oxidation sites excluding steroid dienone is 1. The van der Waals surface area contributed by atoms with E-state index in [1.54, 1.807) is 6.08 Å².